The molecule has 0 aliphatic heterocycles. The molecule has 0 saturated heterocycles. The Bertz CT molecular complexity index is 770. The normalized spacial score (nSPS) is 17.7. The van der Waals surface area contributed by atoms with Gasteiger partial charge in [-0.05, 0) is 41.5 Å². The molecule has 0 bridgehead atoms. The average molecular weight is 327 g/mol. The first-order chi connectivity index (χ1) is 10.0. The van der Waals surface area contributed by atoms with Crippen molar-refractivity contribution in [3.63, 3.8) is 0 Å². The number of ether oxygens (including phenoxy) is 1. The smallest absolute Gasteiger partial charge is 0.254 e. The summed E-state index contributed by atoms with van der Waals surface area (Å²) >= 11 is 1.10. The van der Waals surface area contributed by atoms with Gasteiger partial charge < -0.3 is 4.74 Å². The maximum atomic E-state index is 13.7. The molecule has 1 aliphatic rings. The molecule has 1 unspecified atom stereocenters. The number of benzene rings is 1. The molecule has 0 spiro atoms. The first-order valence-corrected chi connectivity index (χ1v) is 8.80. The van der Waals surface area contributed by atoms with Gasteiger partial charge in [0.1, 0.15) is 11.6 Å². The van der Waals surface area contributed by atoms with Gasteiger partial charge in [-0.25, -0.2) is 17.5 Å². The van der Waals surface area contributed by atoms with Gasteiger partial charge in [0.05, 0.1) is 7.11 Å². The van der Waals surface area contributed by atoms with E-state index >= 15 is 0 Å². The summed E-state index contributed by atoms with van der Waals surface area (Å²) in [7, 11) is -2.25. The number of rotatable bonds is 4. The number of nitrogens with one attached hydrogen (secondary N) is 1. The number of sulfonamides is 1. The van der Waals surface area contributed by atoms with Gasteiger partial charge in [-0.15, -0.1) is 11.3 Å². The van der Waals surface area contributed by atoms with Crippen LogP contribution in [-0.2, 0) is 16.4 Å². The summed E-state index contributed by atoms with van der Waals surface area (Å²) in [5, 5.41) is 1.66. The van der Waals surface area contributed by atoms with Crippen molar-refractivity contribution in [1.29, 1.82) is 0 Å². The molecule has 3 rings (SSSR count). The Balaban J connectivity index is 1.91. The number of methoxy groups -OCH3 is 1. The van der Waals surface area contributed by atoms with E-state index in [1.807, 2.05) is 0 Å². The van der Waals surface area contributed by atoms with Crippen LogP contribution in [0.25, 0.3) is 0 Å². The molecule has 0 saturated carbocycles. The molecule has 0 fully saturated rings. The first kappa shape index (κ1) is 14.5. The van der Waals surface area contributed by atoms with Crippen LogP contribution < -0.4 is 9.46 Å². The third-order valence-corrected chi connectivity index (χ3v) is 6.49. The lowest BCUT2D eigenvalue weighted by molar-refractivity contribution is 0.406. The second-order valence-corrected chi connectivity index (χ2v) is 7.62. The van der Waals surface area contributed by atoms with E-state index in [1.165, 1.54) is 13.2 Å². The van der Waals surface area contributed by atoms with E-state index in [-0.39, 0.29) is 10.0 Å². The summed E-state index contributed by atoms with van der Waals surface area (Å²) in [4.78, 5) is 0. The zero-order valence-electron chi connectivity index (χ0n) is 11.3. The number of thiophene rings is 1. The van der Waals surface area contributed by atoms with Gasteiger partial charge in [0.25, 0.3) is 10.0 Å². The van der Waals surface area contributed by atoms with Gasteiger partial charge in [0.2, 0.25) is 0 Å². The van der Waals surface area contributed by atoms with Gasteiger partial charge in [0, 0.05) is 6.04 Å². The Hall–Kier alpha value is -1.44. The molecular formula is C14H14FNO3S2. The van der Waals surface area contributed by atoms with Crippen molar-refractivity contribution in [1.82, 2.24) is 4.72 Å². The lowest BCUT2D eigenvalue weighted by atomic mass is 10.1. The van der Waals surface area contributed by atoms with Crippen molar-refractivity contribution >= 4 is 21.4 Å². The summed E-state index contributed by atoms with van der Waals surface area (Å²) in [5.41, 5.74) is 1.32. The summed E-state index contributed by atoms with van der Waals surface area (Å²) in [6.07, 6.45) is 1.10. The Morgan fingerprint density at radius 2 is 2.19 bits per heavy atom. The molecule has 7 heteroatoms. The topological polar surface area (TPSA) is 55.4 Å². The Morgan fingerprint density at radius 3 is 2.95 bits per heavy atom. The highest BCUT2D eigenvalue weighted by atomic mass is 32.2. The maximum Gasteiger partial charge on any atom is 0.254 e. The second-order valence-electron chi connectivity index (χ2n) is 4.80. The van der Waals surface area contributed by atoms with Crippen molar-refractivity contribution in [2.75, 3.05) is 7.11 Å². The van der Waals surface area contributed by atoms with E-state index in [1.54, 1.807) is 23.6 Å². The Kier molecular flexibility index (Phi) is 3.73. The van der Waals surface area contributed by atoms with Crippen LogP contribution >= 0.6 is 11.3 Å². The zero-order valence-corrected chi connectivity index (χ0v) is 12.9. The zero-order chi connectivity index (χ0) is 15.0. The van der Waals surface area contributed by atoms with Crippen molar-refractivity contribution in [3.8, 4) is 5.75 Å². The quantitative estimate of drug-likeness (QED) is 0.939. The highest BCUT2D eigenvalue weighted by Gasteiger charge is 2.31. The molecule has 0 amide bonds. The van der Waals surface area contributed by atoms with E-state index in [4.69, 9.17) is 4.74 Å². The molecule has 1 aromatic carbocycles. The van der Waals surface area contributed by atoms with Crippen LogP contribution in [0.3, 0.4) is 0 Å². The van der Waals surface area contributed by atoms with Crippen LogP contribution in [-0.4, -0.2) is 15.5 Å². The number of fused-ring (bicyclic) bond motifs is 1. The second kappa shape index (κ2) is 5.40. The molecule has 1 aromatic heterocycles. The van der Waals surface area contributed by atoms with Crippen LogP contribution in [0, 0.1) is 5.82 Å². The molecule has 1 heterocycles. The van der Waals surface area contributed by atoms with E-state index < -0.39 is 16.1 Å². The molecule has 4 nitrogen and oxygen atoms in total. The van der Waals surface area contributed by atoms with E-state index in [2.05, 4.69) is 4.72 Å². The first-order valence-electron chi connectivity index (χ1n) is 6.44. The largest absolute Gasteiger partial charge is 0.494 e. The van der Waals surface area contributed by atoms with Crippen molar-refractivity contribution in [2.24, 2.45) is 0 Å². The fourth-order valence-electron chi connectivity index (χ4n) is 2.60. The van der Waals surface area contributed by atoms with E-state index in [0.717, 1.165) is 11.3 Å². The fourth-order valence-corrected chi connectivity index (χ4v) is 5.15. The molecule has 1 N–H and O–H groups in total. The monoisotopic (exact) mass is 327 g/mol. The highest BCUT2D eigenvalue weighted by molar-refractivity contribution is 7.91. The molecule has 21 heavy (non-hydrogen) atoms. The molecular weight excluding hydrogens is 313 g/mol. The highest BCUT2D eigenvalue weighted by Crippen LogP contribution is 2.36. The Labute approximate surface area is 126 Å². The minimum absolute atomic E-state index is 0.148. The molecule has 1 aliphatic carbocycles. The van der Waals surface area contributed by atoms with Gasteiger partial charge in [-0.3, -0.25) is 0 Å². The van der Waals surface area contributed by atoms with Gasteiger partial charge >= 0.3 is 0 Å². The summed E-state index contributed by atoms with van der Waals surface area (Å²) in [6.45, 7) is 0. The van der Waals surface area contributed by atoms with Crippen molar-refractivity contribution in [2.45, 2.75) is 23.1 Å². The van der Waals surface area contributed by atoms with Crippen molar-refractivity contribution < 1.29 is 17.5 Å². The van der Waals surface area contributed by atoms with Gasteiger partial charge in [0.15, 0.2) is 4.21 Å². The van der Waals surface area contributed by atoms with Crippen LogP contribution in [0.5, 0.6) is 5.75 Å². The predicted octanol–water partition coefficient (Wildman–Crippen LogP) is 2.86. The van der Waals surface area contributed by atoms with Crippen LogP contribution in [0.1, 0.15) is 23.6 Å². The predicted molar refractivity (Wildman–Crippen MR) is 78.7 cm³/mol. The summed E-state index contributed by atoms with van der Waals surface area (Å²) < 4.78 is 46.4. The number of hydrogen-bond acceptors (Lipinski definition) is 4. The lowest BCUT2D eigenvalue weighted by Gasteiger charge is -2.14. The van der Waals surface area contributed by atoms with E-state index in [9.17, 15) is 12.8 Å². The number of halogens is 1. The third-order valence-electron chi connectivity index (χ3n) is 3.57. The minimum atomic E-state index is -3.68. The summed E-state index contributed by atoms with van der Waals surface area (Å²) in [6, 6.07) is 5.99. The molecule has 2 aromatic rings. The van der Waals surface area contributed by atoms with Crippen molar-refractivity contribution in [3.05, 3.63) is 46.6 Å². The fraction of sp³-hybridized carbons (Fsp3) is 0.286. The SMILES string of the molecule is COc1ccsc1S(=O)(=O)NC1CCc2c(F)cccc21. The maximum absolute atomic E-state index is 13.7. The third kappa shape index (κ3) is 2.56. The molecule has 1 atom stereocenters. The average Bonchev–Trinajstić information content (AvgIpc) is 3.06. The molecule has 112 valence electrons. The standard InChI is InChI=1S/C14H14FNO3S2/c1-19-13-7-8-20-14(13)21(17,18)16-12-6-5-9-10(12)3-2-4-11(9)15/h2-4,7-8,12,16H,5-6H2,1H3. The lowest BCUT2D eigenvalue weighted by Crippen LogP contribution is -2.27. The Morgan fingerprint density at radius 1 is 1.38 bits per heavy atom. The molecule has 0 radical (unpaired) electrons. The van der Waals surface area contributed by atoms with Crippen LogP contribution in [0.15, 0.2) is 33.9 Å². The number of hydrogen-bond donors (Lipinski definition) is 1. The van der Waals surface area contributed by atoms with Gasteiger partial charge in [-0.1, -0.05) is 12.1 Å². The van der Waals surface area contributed by atoms with Gasteiger partial charge in [-0.2, -0.15) is 0 Å². The van der Waals surface area contributed by atoms with E-state index in [0.29, 0.717) is 29.7 Å². The minimum Gasteiger partial charge on any atom is -0.494 e. The van der Waals surface area contributed by atoms with Crippen LogP contribution in [0.2, 0.25) is 0 Å². The van der Waals surface area contributed by atoms with Crippen LogP contribution in [0.4, 0.5) is 4.39 Å². The summed E-state index contributed by atoms with van der Waals surface area (Å²) in [5.74, 6) is 0.0489.